The number of hydrogen-bond acceptors (Lipinski definition) is 5. The van der Waals surface area contributed by atoms with Crippen LogP contribution in [-0.4, -0.2) is 51.8 Å². The van der Waals surface area contributed by atoms with Crippen molar-refractivity contribution in [1.29, 1.82) is 0 Å². The van der Waals surface area contributed by atoms with Gasteiger partial charge in [0.15, 0.2) is 8.32 Å². The summed E-state index contributed by atoms with van der Waals surface area (Å²) in [5, 5.41) is 9.18. The Morgan fingerprint density at radius 3 is 2.50 bits per heavy atom. The van der Waals surface area contributed by atoms with E-state index >= 15 is 0 Å². The molecular formula is C16H30N2O3Si. The molecule has 0 saturated carbocycles. The van der Waals surface area contributed by atoms with Gasteiger partial charge in [-0.25, -0.2) is 0 Å². The molecule has 126 valence electrons. The number of anilines is 1. The molecule has 0 aliphatic rings. The number of hydrogen-bond donors (Lipinski definition) is 1. The van der Waals surface area contributed by atoms with E-state index in [0.29, 0.717) is 25.6 Å². The zero-order valence-corrected chi connectivity index (χ0v) is 15.7. The Kier molecular flexibility index (Phi) is 6.84. The lowest BCUT2D eigenvalue weighted by Gasteiger charge is -2.36. The summed E-state index contributed by atoms with van der Waals surface area (Å²) >= 11 is 0. The molecule has 22 heavy (non-hydrogen) atoms. The van der Waals surface area contributed by atoms with Crippen LogP contribution in [0.15, 0.2) is 18.2 Å². The molecule has 0 atom stereocenters. The third-order valence-electron chi connectivity index (χ3n) is 4.14. The van der Waals surface area contributed by atoms with Gasteiger partial charge in [0.1, 0.15) is 12.4 Å². The Morgan fingerprint density at radius 1 is 1.23 bits per heavy atom. The van der Waals surface area contributed by atoms with Crippen LogP contribution in [0.2, 0.25) is 18.1 Å². The van der Waals surface area contributed by atoms with Crippen LogP contribution < -0.4 is 9.64 Å². The van der Waals surface area contributed by atoms with E-state index in [2.05, 4.69) is 38.8 Å². The largest absolute Gasteiger partial charge is 0.475 e. The molecule has 1 aromatic heterocycles. The highest BCUT2D eigenvalue weighted by atomic mass is 28.4. The Hall–Kier alpha value is -1.11. The van der Waals surface area contributed by atoms with E-state index in [1.807, 2.05) is 30.1 Å². The Balaban J connectivity index is 2.47. The van der Waals surface area contributed by atoms with Crippen LogP contribution in [0.5, 0.6) is 5.88 Å². The summed E-state index contributed by atoms with van der Waals surface area (Å²) in [4.78, 5) is 6.31. The molecule has 0 saturated heterocycles. The molecule has 0 aliphatic carbocycles. The molecule has 1 heterocycles. The van der Waals surface area contributed by atoms with E-state index in [4.69, 9.17) is 14.3 Å². The number of nitrogens with zero attached hydrogens (tertiary/aromatic N) is 2. The molecular weight excluding hydrogens is 296 g/mol. The zero-order valence-electron chi connectivity index (χ0n) is 14.7. The maximum Gasteiger partial charge on any atom is 0.215 e. The second-order valence-corrected chi connectivity index (χ2v) is 11.7. The topological polar surface area (TPSA) is 54.8 Å². The smallest absolute Gasteiger partial charge is 0.215 e. The van der Waals surface area contributed by atoms with E-state index in [1.165, 1.54) is 0 Å². The average Bonchev–Trinajstić information content (AvgIpc) is 2.43. The Labute approximate surface area is 135 Å². The molecule has 0 bridgehead atoms. The van der Waals surface area contributed by atoms with Crippen LogP contribution in [0.4, 0.5) is 5.82 Å². The highest BCUT2D eigenvalue weighted by Crippen LogP contribution is 2.36. The summed E-state index contributed by atoms with van der Waals surface area (Å²) in [6.45, 7) is 12.9. The second-order valence-electron chi connectivity index (χ2n) is 6.94. The van der Waals surface area contributed by atoms with Crippen molar-refractivity contribution in [2.45, 2.75) is 38.9 Å². The van der Waals surface area contributed by atoms with E-state index in [1.54, 1.807) is 0 Å². The van der Waals surface area contributed by atoms with Crippen molar-refractivity contribution in [2.75, 3.05) is 38.3 Å². The number of likely N-dealkylation sites (N-methyl/N-ethyl adjacent to an activating group) is 1. The molecule has 5 nitrogen and oxygen atoms in total. The van der Waals surface area contributed by atoms with E-state index in [-0.39, 0.29) is 11.6 Å². The molecule has 0 radical (unpaired) electrons. The normalized spacial score (nSPS) is 12.3. The van der Waals surface area contributed by atoms with Gasteiger partial charge in [-0.2, -0.15) is 4.98 Å². The van der Waals surface area contributed by atoms with Gasteiger partial charge in [-0.15, -0.1) is 0 Å². The summed E-state index contributed by atoms with van der Waals surface area (Å²) < 4.78 is 11.8. The number of ether oxygens (including phenoxy) is 1. The zero-order chi connectivity index (χ0) is 16.8. The molecule has 1 N–H and O–H groups in total. The average molecular weight is 327 g/mol. The molecule has 0 aromatic carbocycles. The van der Waals surface area contributed by atoms with E-state index < -0.39 is 8.32 Å². The second kappa shape index (κ2) is 7.94. The van der Waals surface area contributed by atoms with Gasteiger partial charge in [-0.3, -0.25) is 0 Å². The lowest BCUT2D eigenvalue weighted by molar-refractivity contribution is 0.199. The van der Waals surface area contributed by atoms with Crippen molar-refractivity contribution < 1.29 is 14.3 Å². The molecule has 0 fully saturated rings. The van der Waals surface area contributed by atoms with Crippen LogP contribution in [0.1, 0.15) is 20.8 Å². The van der Waals surface area contributed by atoms with Crippen molar-refractivity contribution in [2.24, 2.45) is 0 Å². The van der Waals surface area contributed by atoms with Crippen molar-refractivity contribution in [1.82, 2.24) is 4.98 Å². The van der Waals surface area contributed by atoms with Crippen LogP contribution >= 0.6 is 0 Å². The first-order valence-electron chi connectivity index (χ1n) is 7.73. The molecule has 0 amide bonds. The molecule has 0 aliphatic heterocycles. The fourth-order valence-electron chi connectivity index (χ4n) is 1.62. The third kappa shape index (κ3) is 5.59. The fraction of sp³-hybridized carbons (Fsp3) is 0.688. The van der Waals surface area contributed by atoms with Crippen molar-refractivity contribution in [3.8, 4) is 5.88 Å². The fourth-order valence-corrected chi connectivity index (χ4v) is 2.65. The summed E-state index contributed by atoms with van der Waals surface area (Å²) in [7, 11) is 0.173. The minimum absolute atomic E-state index is 0.101. The SMILES string of the molecule is CN(CCO)c1cccc(OCCO[Si](C)(C)C(C)(C)C)n1. The number of aliphatic hydroxyl groups excluding tert-OH is 1. The summed E-state index contributed by atoms with van der Waals surface area (Å²) in [6.07, 6.45) is 0. The number of aromatic nitrogens is 1. The van der Waals surface area contributed by atoms with Gasteiger partial charge >= 0.3 is 0 Å². The van der Waals surface area contributed by atoms with Crippen molar-refractivity contribution in [3.63, 3.8) is 0 Å². The van der Waals surface area contributed by atoms with Crippen LogP contribution in [0.3, 0.4) is 0 Å². The monoisotopic (exact) mass is 326 g/mol. The lowest BCUT2D eigenvalue weighted by atomic mass is 10.2. The first kappa shape index (κ1) is 18.9. The number of pyridine rings is 1. The molecule has 0 spiro atoms. The molecule has 1 rings (SSSR count). The van der Waals surface area contributed by atoms with Gasteiger partial charge in [0.05, 0.1) is 13.2 Å². The molecule has 0 unspecified atom stereocenters. The van der Waals surface area contributed by atoms with Crippen molar-refractivity contribution >= 4 is 14.1 Å². The van der Waals surface area contributed by atoms with Gasteiger partial charge in [-0.1, -0.05) is 26.8 Å². The first-order chi connectivity index (χ1) is 10.2. The predicted octanol–water partition coefficient (Wildman–Crippen LogP) is 2.91. The molecule has 6 heteroatoms. The number of rotatable bonds is 8. The minimum atomic E-state index is -1.72. The Bertz CT molecular complexity index is 461. The number of aliphatic hydroxyl groups is 1. The summed E-state index contributed by atoms with van der Waals surface area (Å²) in [5.41, 5.74) is 0. The van der Waals surface area contributed by atoms with Crippen LogP contribution in [-0.2, 0) is 4.43 Å². The maximum atomic E-state index is 8.97. The third-order valence-corrected chi connectivity index (χ3v) is 8.68. The summed E-state index contributed by atoms with van der Waals surface area (Å²) in [6, 6.07) is 5.64. The van der Waals surface area contributed by atoms with Gasteiger partial charge in [0.25, 0.3) is 0 Å². The lowest BCUT2D eigenvalue weighted by Crippen LogP contribution is -2.41. The van der Waals surface area contributed by atoms with Gasteiger partial charge in [0, 0.05) is 19.7 Å². The standard InChI is InChI=1S/C16H30N2O3Si/c1-16(2,3)22(5,6)21-13-12-20-15-9-7-8-14(17-15)18(4)10-11-19/h7-9,19H,10-13H2,1-6H3. The van der Waals surface area contributed by atoms with Gasteiger partial charge in [0.2, 0.25) is 5.88 Å². The Morgan fingerprint density at radius 2 is 1.91 bits per heavy atom. The maximum absolute atomic E-state index is 8.97. The highest BCUT2D eigenvalue weighted by molar-refractivity contribution is 6.74. The van der Waals surface area contributed by atoms with Crippen molar-refractivity contribution in [3.05, 3.63) is 18.2 Å². The highest BCUT2D eigenvalue weighted by Gasteiger charge is 2.36. The minimum Gasteiger partial charge on any atom is -0.475 e. The van der Waals surface area contributed by atoms with Crippen LogP contribution in [0.25, 0.3) is 0 Å². The van der Waals surface area contributed by atoms with E-state index in [9.17, 15) is 0 Å². The van der Waals surface area contributed by atoms with Crippen LogP contribution in [0, 0.1) is 0 Å². The van der Waals surface area contributed by atoms with E-state index in [0.717, 1.165) is 5.82 Å². The predicted molar refractivity (Wildman–Crippen MR) is 93.2 cm³/mol. The molecule has 1 aromatic rings. The van der Waals surface area contributed by atoms with Gasteiger partial charge < -0.3 is 19.2 Å². The quantitative estimate of drug-likeness (QED) is 0.588. The first-order valence-corrected chi connectivity index (χ1v) is 10.6. The summed E-state index contributed by atoms with van der Waals surface area (Å²) in [5.74, 6) is 1.37. The van der Waals surface area contributed by atoms with Gasteiger partial charge in [-0.05, 0) is 24.2 Å².